The molecular weight excluding hydrogens is 400 g/mol. The molecule has 0 atom stereocenters. The van der Waals surface area contributed by atoms with Crippen molar-refractivity contribution in [2.45, 2.75) is 0 Å². The van der Waals surface area contributed by atoms with Gasteiger partial charge in [0.2, 0.25) is 0 Å². The lowest BCUT2D eigenvalue weighted by Gasteiger charge is -2.10. The van der Waals surface area contributed by atoms with Crippen LogP contribution in [-0.4, -0.2) is 16.0 Å². The smallest absolute Gasteiger partial charge is 0.324 e. The number of urea groups is 1. The van der Waals surface area contributed by atoms with Crippen LogP contribution in [0.25, 0.3) is 11.1 Å². The predicted octanol–water partition coefficient (Wildman–Crippen LogP) is 5.81. The number of halogens is 2. The summed E-state index contributed by atoms with van der Waals surface area (Å²) in [7, 11) is 0. The molecule has 0 bridgehead atoms. The Kier molecular flexibility index (Phi) is 5.79. The molecule has 2 aromatic carbocycles. The molecule has 0 aliphatic heterocycles. The molecule has 6 nitrogen and oxygen atoms in total. The van der Waals surface area contributed by atoms with Crippen molar-refractivity contribution in [3.63, 3.8) is 0 Å². The molecule has 2 aromatic heterocycles. The summed E-state index contributed by atoms with van der Waals surface area (Å²) in [5.74, 6) is -0.658. The minimum Gasteiger partial charge on any atom is -0.340 e. The van der Waals surface area contributed by atoms with Crippen LogP contribution in [0.1, 0.15) is 0 Å². The van der Waals surface area contributed by atoms with Crippen LogP contribution in [0.15, 0.2) is 85.2 Å². The van der Waals surface area contributed by atoms with E-state index in [0.717, 1.165) is 28.9 Å². The van der Waals surface area contributed by atoms with E-state index in [9.17, 15) is 13.6 Å². The van der Waals surface area contributed by atoms with Crippen molar-refractivity contribution >= 4 is 29.0 Å². The summed E-state index contributed by atoms with van der Waals surface area (Å²) in [5, 5.41) is 8.10. The number of hydrogen-bond acceptors (Lipinski definition) is 4. The largest absolute Gasteiger partial charge is 0.340 e. The van der Waals surface area contributed by atoms with Gasteiger partial charge in [-0.3, -0.25) is 5.32 Å². The highest BCUT2D eigenvalue weighted by Gasteiger charge is 2.10. The van der Waals surface area contributed by atoms with Gasteiger partial charge in [-0.2, -0.15) is 0 Å². The van der Waals surface area contributed by atoms with Gasteiger partial charge in [-0.1, -0.05) is 18.2 Å². The number of carbonyl (C=O) groups is 1. The van der Waals surface area contributed by atoms with Gasteiger partial charge in [0.1, 0.15) is 23.3 Å². The number of amides is 2. The number of nitrogens with zero attached hydrogens (tertiary/aromatic N) is 2. The standard InChI is InChI=1S/C23H17F2N5O/c24-17-6-7-20(19(25)14-17)29-23(31)30-22-13-16(9-11-27-22)15-8-10-26-21(12-15)28-18-4-2-1-3-5-18/h1-14H,(H,26,28)(H2,27,29,30,31). The Morgan fingerprint density at radius 3 is 2.13 bits per heavy atom. The fourth-order valence-corrected chi connectivity index (χ4v) is 2.89. The molecule has 0 spiro atoms. The third kappa shape index (κ3) is 5.18. The molecule has 154 valence electrons. The minimum atomic E-state index is -0.868. The molecule has 4 aromatic rings. The molecule has 8 heteroatoms. The van der Waals surface area contributed by atoms with Gasteiger partial charge in [-0.05, 0) is 59.7 Å². The zero-order valence-corrected chi connectivity index (χ0v) is 16.1. The first-order valence-corrected chi connectivity index (χ1v) is 9.34. The highest BCUT2D eigenvalue weighted by molar-refractivity contribution is 5.99. The zero-order valence-electron chi connectivity index (χ0n) is 16.1. The van der Waals surface area contributed by atoms with Gasteiger partial charge in [-0.25, -0.2) is 23.5 Å². The molecule has 4 rings (SSSR count). The normalized spacial score (nSPS) is 10.4. The summed E-state index contributed by atoms with van der Waals surface area (Å²) < 4.78 is 26.7. The molecular formula is C23H17F2N5O. The lowest BCUT2D eigenvalue weighted by Crippen LogP contribution is -2.20. The minimum absolute atomic E-state index is 0.138. The molecule has 0 fully saturated rings. The van der Waals surface area contributed by atoms with Crippen LogP contribution < -0.4 is 16.0 Å². The van der Waals surface area contributed by atoms with Crippen LogP contribution in [0.4, 0.5) is 36.6 Å². The third-order valence-corrected chi connectivity index (χ3v) is 4.32. The molecule has 0 saturated carbocycles. The van der Waals surface area contributed by atoms with Crippen molar-refractivity contribution in [3.8, 4) is 11.1 Å². The number of anilines is 4. The van der Waals surface area contributed by atoms with Gasteiger partial charge in [-0.15, -0.1) is 0 Å². The van der Waals surface area contributed by atoms with Gasteiger partial charge in [0.25, 0.3) is 0 Å². The molecule has 0 aliphatic rings. The Labute approximate surface area is 177 Å². The summed E-state index contributed by atoms with van der Waals surface area (Å²) in [6.07, 6.45) is 3.23. The van der Waals surface area contributed by atoms with Crippen LogP contribution in [0, 0.1) is 11.6 Å². The average Bonchev–Trinajstić information content (AvgIpc) is 2.77. The molecule has 2 heterocycles. The molecule has 0 radical (unpaired) electrons. The topological polar surface area (TPSA) is 78.9 Å². The second-order valence-electron chi connectivity index (χ2n) is 6.55. The number of hydrogen-bond donors (Lipinski definition) is 3. The van der Waals surface area contributed by atoms with Crippen molar-refractivity contribution in [2.75, 3.05) is 16.0 Å². The van der Waals surface area contributed by atoms with Crippen molar-refractivity contribution in [1.29, 1.82) is 0 Å². The molecule has 2 amide bonds. The van der Waals surface area contributed by atoms with E-state index in [4.69, 9.17) is 0 Å². The average molecular weight is 417 g/mol. The van der Waals surface area contributed by atoms with Crippen molar-refractivity contribution in [2.24, 2.45) is 0 Å². The Balaban J connectivity index is 1.48. The number of para-hydroxylation sites is 1. The SMILES string of the molecule is O=C(Nc1cc(-c2ccnc(Nc3ccccc3)c2)ccn1)Nc1ccc(F)cc1F. The van der Waals surface area contributed by atoms with Gasteiger partial charge in [0, 0.05) is 24.1 Å². The van der Waals surface area contributed by atoms with Crippen LogP contribution >= 0.6 is 0 Å². The lowest BCUT2D eigenvalue weighted by molar-refractivity contribution is 0.262. The fourth-order valence-electron chi connectivity index (χ4n) is 2.89. The van der Waals surface area contributed by atoms with E-state index < -0.39 is 17.7 Å². The van der Waals surface area contributed by atoms with Crippen LogP contribution in [0.3, 0.4) is 0 Å². The molecule has 31 heavy (non-hydrogen) atoms. The number of pyridine rings is 2. The quantitative estimate of drug-likeness (QED) is 0.383. The number of benzene rings is 2. The van der Waals surface area contributed by atoms with Crippen LogP contribution in [0.5, 0.6) is 0 Å². The van der Waals surface area contributed by atoms with E-state index in [2.05, 4.69) is 25.9 Å². The highest BCUT2D eigenvalue weighted by Crippen LogP contribution is 2.24. The number of aromatic nitrogens is 2. The zero-order chi connectivity index (χ0) is 21.6. The summed E-state index contributed by atoms with van der Waals surface area (Å²) >= 11 is 0. The first kappa shape index (κ1) is 20.0. The number of rotatable bonds is 5. The molecule has 3 N–H and O–H groups in total. The maximum absolute atomic E-state index is 13.7. The lowest BCUT2D eigenvalue weighted by atomic mass is 10.1. The van der Waals surface area contributed by atoms with Crippen LogP contribution in [-0.2, 0) is 0 Å². The van der Waals surface area contributed by atoms with E-state index in [1.807, 2.05) is 42.5 Å². The highest BCUT2D eigenvalue weighted by atomic mass is 19.1. The molecule has 0 saturated heterocycles. The molecule has 0 unspecified atom stereocenters. The Hall–Kier alpha value is -4.33. The Morgan fingerprint density at radius 2 is 1.42 bits per heavy atom. The van der Waals surface area contributed by atoms with E-state index in [1.54, 1.807) is 24.5 Å². The number of nitrogens with one attached hydrogen (secondary N) is 3. The monoisotopic (exact) mass is 417 g/mol. The maximum Gasteiger partial charge on any atom is 0.324 e. The van der Waals surface area contributed by atoms with Gasteiger partial charge >= 0.3 is 6.03 Å². The number of carbonyl (C=O) groups excluding carboxylic acids is 1. The predicted molar refractivity (Wildman–Crippen MR) is 116 cm³/mol. The van der Waals surface area contributed by atoms with Crippen molar-refractivity contribution < 1.29 is 13.6 Å². The third-order valence-electron chi connectivity index (χ3n) is 4.32. The van der Waals surface area contributed by atoms with Crippen molar-refractivity contribution in [3.05, 3.63) is 96.8 Å². The molecule has 0 aliphatic carbocycles. The first-order chi connectivity index (χ1) is 15.1. The van der Waals surface area contributed by atoms with Gasteiger partial charge in [0.15, 0.2) is 0 Å². The summed E-state index contributed by atoms with van der Waals surface area (Å²) in [4.78, 5) is 20.6. The fraction of sp³-hybridized carbons (Fsp3) is 0. The first-order valence-electron chi connectivity index (χ1n) is 9.34. The summed E-state index contributed by atoms with van der Waals surface area (Å²) in [5.41, 5.74) is 2.44. The van der Waals surface area contributed by atoms with E-state index in [0.29, 0.717) is 11.9 Å². The second-order valence-corrected chi connectivity index (χ2v) is 6.55. The Bertz CT molecular complexity index is 1220. The van der Waals surface area contributed by atoms with E-state index in [1.165, 1.54) is 0 Å². The maximum atomic E-state index is 13.7. The van der Waals surface area contributed by atoms with E-state index in [-0.39, 0.29) is 11.5 Å². The van der Waals surface area contributed by atoms with E-state index >= 15 is 0 Å². The summed E-state index contributed by atoms with van der Waals surface area (Å²) in [6.45, 7) is 0. The summed E-state index contributed by atoms with van der Waals surface area (Å²) in [6, 6.07) is 19.0. The van der Waals surface area contributed by atoms with Crippen molar-refractivity contribution in [1.82, 2.24) is 9.97 Å². The Morgan fingerprint density at radius 1 is 0.742 bits per heavy atom. The van der Waals surface area contributed by atoms with Crippen LogP contribution in [0.2, 0.25) is 0 Å². The van der Waals surface area contributed by atoms with Gasteiger partial charge in [0.05, 0.1) is 5.69 Å². The van der Waals surface area contributed by atoms with Gasteiger partial charge < -0.3 is 10.6 Å². The second kappa shape index (κ2) is 9.00.